The van der Waals surface area contributed by atoms with E-state index in [1.54, 1.807) is 6.20 Å². The summed E-state index contributed by atoms with van der Waals surface area (Å²) in [4.78, 5) is 6.72. The highest BCUT2D eigenvalue weighted by molar-refractivity contribution is 5.49. The van der Waals surface area contributed by atoms with Gasteiger partial charge in [0.25, 0.3) is 0 Å². The number of aromatic amines is 1. The molecule has 0 amide bonds. The highest BCUT2D eigenvalue weighted by atomic mass is 15.2. The molecule has 5 nitrogen and oxygen atoms in total. The third-order valence-corrected chi connectivity index (χ3v) is 3.21. The molecule has 0 saturated carbocycles. The van der Waals surface area contributed by atoms with E-state index in [1.807, 2.05) is 12.3 Å². The molecule has 2 aromatic heterocycles. The van der Waals surface area contributed by atoms with Crippen LogP contribution in [0.1, 0.15) is 32.5 Å². The van der Waals surface area contributed by atoms with Gasteiger partial charge in [0.05, 0.1) is 23.6 Å². The molecule has 2 N–H and O–H groups in total. The highest BCUT2D eigenvalue weighted by Crippen LogP contribution is 2.18. The van der Waals surface area contributed by atoms with E-state index >= 15 is 0 Å². The number of H-pyrrole nitrogens is 1. The summed E-state index contributed by atoms with van der Waals surface area (Å²) in [5.41, 5.74) is 2.07. The Morgan fingerprint density at radius 3 is 2.58 bits per heavy atom. The molecule has 0 bridgehead atoms. The first-order valence-corrected chi connectivity index (χ1v) is 6.71. The van der Waals surface area contributed by atoms with Crippen molar-refractivity contribution in [3.05, 3.63) is 36.3 Å². The van der Waals surface area contributed by atoms with Crippen LogP contribution in [-0.2, 0) is 0 Å². The first-order valence-electron chi connectivity index (χ1n) is 6.71. The fourth-order valence-electron chi connectivity index (χ4n) is 2.04. The van der Waals surface area contributed by atoms with Crippen LogP contribution in [0.5, 0.6) is 0 Å². The topological polar surface area (TPSA) is 56.8 Å². The van der Waals surface area contributed by atoms with Crippen LogP contribution in [0.2, 0.25) is 0 Å². The van der Waals surface area contributed by atoms with Gasteiger partial charge >= 0.3 is 0 Å². The van der Waals surface area contributed by atoms with Crippen molar-refractivity contribution in [2.45, 2.75) is 26.8 Å². The summed E-state index contributed by atoms with van der Waals surface area (Å²) < 4.78 is 0. The van der Waals surface area contributed by atoms with Gasteiger partial charge < -0.3 is 10.2 Å². The van der Waals surface area contributed by atoms with Gasteiger partial charge in [-0.1, -0.05) is 0 Å². The molecule has 0 aromatic carbocycles. The Morgan fingerprint density at radius 1 is 1.26 bits per heavy atom. The van der Waals surface area contributed by atoms with Crippen molar-refractivity contribution in [2.24, 2.45) is 0 Å². The van der Waals surface area contributed by atoms with Crippen LogP contribution in [0.4, 0.5) is 11.5 Å². The van der Waals surface area contributed by atoms with Gasteiger partial charge in [0.1, 0.15) is 5.82 Å². The van der Waals surface area contributed by atoms with Crippen LogP contribution in [-0.4, -0.2) is 28.3 Å². The van der Waals surface area contributed by atoms with Gasteiger partial charge in [0.2, 0.25) is 0 Å². The highest BCUT2D eigenvalue weighted by Gasteiger charge is 2.07. The fourth-order valence-corrected chi connectivity index (χ4v) is 2.04. The number of hydrogen-bond donors (Lipinski definition) is 2. The minimum atomic E-state index is 0.184. The van der Waals surface area contributed by atoms with E-state index in [0.717, 1.165) is 30.3 Å². The number of nitrogens with one attached hydrogen (secondary N) is 2. The summed E-state index contributed by atoms with van der Waals surface area (Å²) >= 11 is 0. The SMILES string of the molecule is CCN(CC)c1ccc(NC(C)c2ccn[nH]2)cn1. The summed E-state index contributed by atoms with van der Waals surface area (Å²) in [6.45, 7) is 8.31. The van der Waals surface area contributed by atoms with Crippen LogP contribution in [0.3, 0.4) is 0 Å². The molecule has 1 unspecified atom stereocenters. The van der Waals surface area contributed by atoms with Crippen molar-refractivity contribution in [3.63, 3.8) is 0 Å². The van der Waals surface area contributed by atoms with E-state index < -0.39 is 0 Å². The average Bonchev–Trinajstić information content (AvgIpc) is 2.96. The summed E-state index contributed by atoms with van der Waals surface area (Å²) in [6.07, 6.45) is 3.63. The molecule has 19 heavy (non-hydrogen) atoms. The Kier molecular flexibility index (Phi) is 4.39. The van der Waals surface area contributed by atoms with Gasteiger partial charge in [0, 0.05) is 19.3 Å². The van der Waals surface area contributed by atoms with Gasteiger partial charge in [0.15, 0.2) is 0 Å². The third kappa shape index (κ3) is 3.24. The van der Waals surface area contributed by atoms with Crippen LogP contribution in [0.15, 0.2) is 30.6 Å². The second-order valence-corrected chi connectivity index (χ2v) is 4.46. The van der Waals surface area contributed by atoms with Gasteiger partial charge in [-0.15, -0.1) is 0 Å². The maximum absolute atomic E-state index is 4.49. The zero-order chi connectivity index (χ0) is 13.7. The van der Waals surface area contributed by atoms with Gasteiger partial charge in [-0.3, -0.25) is 5.10 Å². The van der Waals surface area contributed by atoms with Gasteiger partial charge in [-0.2, -0.15) is 5.10 Å². The van der Waals surface area contributed by atoms with E-state index in [9.17, 15) is 0 Å². The van der Waals surface area contributed by atoms with Crippen LogP contribution < -0.4 is 10.2 Å². The Labute approximate surface area is 114 Å². The molecule has 0 aliphatic carbocycles. The number of pyridine rings is 1. The quantitative estimate of drug-likeness (QED) is 0.837. The van der Waals surface area contributed by atoms with Crippen molar-refractivity contribution in [1.82, 2.24) is 15.2 Å². The second-order valence-electron chi connectivity index (χ2n) is 4.46. The zero-order valence-corrected chi connectivity index (χ0v) is 11.7. The number of nitrogens with zero attached hydrogens (tertiary/aromatic N) is 3. The summed E-state index contributed by atoms with van der Waals surface area (Å²) in [6, 6.07) is 6.27. The third-order valence-electron chi connectivity index (χ3n) is 3.21. The molecule has 2 heterocycles. The normalized spacial score (nSPS) is 12.2. The lowest BCUT2D eigenvalue weighted by molar-refractivity contribution is 0.821. The predicted octanol–water partition coefficient (Wildman–Crippen LogP) is 2.82. The first kappa shape index (κ1) is 13.4. The molecule has 5 heteroatoms. The van der Waals surface area contributed by atoms with E-state index in [0.29, 0.717) is 0 Å². The Bertz CT molecular complexity index is 473. The molecule has 102 valence electrons. The molecule has 0 aliphatic rings. The monoisotopic (exact) mass is 259 g/mol. The molecule has 0 radical (unpaired) electrons. The van der Waals surface area contributed by atoms with E-state index in [1.165, 1.54) is 0 Å². The number of rotatable bonds is 6. The molecular weight excluding hydrogens is 238 g/mol. The van der Waals surface area contributed by atoms with Crippen molar-refractivity contribution in [3.8, 4) is 0 Å². The largest absolute Gasteiger partial charge is 0.376 e. The Morgan fingerprint density at radius 2 is 2.05 bits per heavy atom. The zero-order valence-electron chi connectivity index (χ0n) is 11.7. The molecule has 0 aliphatic heterocycles. The Hall–Kier alpha value is -2.04. The van der Waals surface area contributed by atoms with Crippen LogP contribution in [0, 0.1) is 0 Å². The van der Waals surface area contributed by atoms with Crippen LogP contribution >= 0.6 is 0 Å². The minimum absolute atomic E-state index is 0.184. The summed E-state index contributed by atoms with van der Waals surface area (Å²) in [5.74, 6) is 1.02. The lowest BCUT2D eigenvalue weighted by atomic mass is 10.2. The van der Waals surface area contributed by atoms with Crippen LogP contribution in [0.25, 0.3) is 0 Å². The summed E-state index contributed by atoms with van der Waals surface area (Å²) in [7, 11) is 0. The second kappa shape index (κ2) is 6.22. The number of anilines is 2. The predicted molar refractivity (Wildman–Crippen MR) is 78.4 cm³/mol. The molecule has 1 atom stereocenters. The smallest absolute Gasteiger partial charge is 0.128 e. The fraction of sp³-hybridized carbons (Fsp3) is 0.429. The van der Waals surface area contributed by atoms with Gasteiger partial charge in [-0.25, -0.2) is 4.98 Å². The molecule has 0 spiro atoms. The molecule has 2 aromatic rings. The first-order chi connectivity index (χ1) is 9.24. The number of hydrogen-bond acceptors (Lipinski definition) is 4. The molecular formula is C14H21N5. The number of aromatic nitrogens is 3. The lowest BCUT2D eigenvalue weighted by Gasteiger charge is -2.20. The van der Waals surface area contributed by atoms with E-state index in [4.69, 9.17) is 0 Å². The minimum Gasteiger partial charge on any atom is -0.376 e. The lowest BCUT2D eigenvalue weighted by Crippen LogP contribution is -2.22. The van der Waals surface area contributed by atoms with Crippen molar-refractivity contribution in [2.75, 3.05) is 23.3 Å². The van der Waals surface area contributed by atoms with Crippen molar-refractivity contribution in [1.29, 1.82) is 0 Å². The van der Waals surface area contributed by atoms with Crippen molar-refractivity contribution >= 4 is 11.5 Å². The summed E-state index contributed by atoms with van der Waals surface area (Å²) in [5, 5.41) is 10.3. The average molecular weight is 259 g/mol. The Balaban J connectivity index is 2.02. The molecule has 2 rings (SSSR count). The standard InChI is InChI=1S/C14H21N5/c1-4-19(5-2)14-7-6-12(10-15-14)17-11(3)13-8-9-16-18-13/h6-11,17H,4-5H2,1-3H3,(H,16,18). The molecule has 0 fully saturated rings. The van der Waals surface area contributed by atoms with Gasteiger partial charge in [-0.05, 0) is 39.0 Å². The maximum atomic E-state index is 4.49. The van der Waals surface area contributed by atoms with E-state index in [2.05, 4.69) is 58.3 Å². The van der Waals surface area contributed by atoms with E-state index in [-0.39, 0.29) is 6.04 Å². The van der Waals surface area contributed by atoms with Crippen molar-refractivity contribution < 1.29 is 0 Å². The maximum Gasteiger partial charge on any atom is 0.128 e. The molecule has 0 saturated heterocycles.